The molecule has 7 nitrogen and oxygen atoms in total. The molecule has 2 rings (SSSR count). The molecular weight excluding hydrogens is 374 g/mol. The van der Waals surface area contributed by atoms with E-state index in [1.165, 1.54) is 11.8 Å². The van der Waals surface area contributed by atoms with Gasteiger partial charge < -0.3 is 14.8 Å². The van der Waals surface area contributed by atoms with E-state index in [0.717, 1.165) is 18.2 Å². The summed E-state index contributed by atoms with van der Waals surface area (Å²) in [6, 6.07) is 1.75. The van der Waals surface area contributed by atoms with Crippen LogP contribution >= 0.6 is 0 Å². The van der Waals surface area contributed by atoms with Crippen molar-refractivity contribution < 1.29 is 32.6 Å². The van der Waals surface area contributed by atoms with Crippen molar-refractivity contribution in [2.24, 2.45) is 0 Å². The molecule has 0 bridgehead atoms. The van der Waals surface area contributed by atoms with Crippen LogP contribution in [-0.4, -0.2) is 47.2 Å². The number of carbonyl (C=O) groups is 3. The smallest absolute Gasteiger partial charge is 0.411 e. The Balaban J connectivity index is 1.97. The lowest BCUT2D eigenvalue weighted by molar-refractivity contribution is -0.157. The number of hydrogen-bond acceptors (Lipinski definition) is 5. The Morgan fingerprint density at radius 3 is 2.57 bits per heavy atom. The summed E-state index contributed by atoms with van der Waals surface area (Å²) < 4.78 is 37.2. The molecule has 1 N–H and O–H groups in total. The number of esters is 1. The molecule has 154 valence electrons. The molecule has 0 unspecified atom stereocenters. The molecule has 9 heteroatoms. The molecule has 1 aliphatic rings. The van der Waals surface area contributed by atoms with E-state index in [-0.39, 0.29) is 5.69 Å². The second-order valence-electron chi connectivity index (χ2n) is 7.52. The van der Waals surface area contributed by atoms with E-state index in [1.54, 1.807) is 20.8 Å². The van der Waals surface area contributed by atoms with Crippen molar-refractivity contribution in [3.63, 3.8) is 0 Å². The monoisotopic (exact) mass is 398 g/mol. The number of hydrogen-bond donors (Lipinski definition) is 1. The summed E-state index contributed by atoms with van der Waals surface area (Å²) in [7, 11) is 0. The highest BCUT2D eigenvalue weighted by molar-refractivity contribution is 5.95. The maximum absolute atomic E-state index is 13.6. The standard InChI is InChI=1S/C19H24F2N2O5/c1-11(16(24)22-14-10-12(20)7-8-13(14)21)27-17(25)15-6-5-9-23(15)18(26)28-19(2,3)4/h7-8,10-11,15H,5-6,9H2,1-4H3,(H,22,24)/t11-,15+/m1/s1. The molecule has 1 aliphatic heterocycles. The first kappa shape index (κ1) is 21.6. The summed E-state index contributed by atoms with van der Waals surface area (Å²) in [5.41, 5.74) is -1.07. The van der Waals surface area contributed by atoms with Crippen LogP contribution in [-0.2, 0) is 19.1 Å². The van der Waals surface area contributed by atoms with Gasteiger partial charge in [0.15, 0.2) is 6.10 Å². The summed E-state index contributed by atoms with van der Waals surface area (Å²) in [5, 5.41) is 2.18. The maximum Gasteiger partial charge on any atom is 0.411 e. The molecule has 0 aliphatic carbocycles. The summed E-state index contributed by atoms with van der Waals surface area (Å²) in [6.45, 7) is 6.78. The van der Waals surface area contributed by atoms with Crippen molar-refractivity contribution in [3.05, 3.63) is 29.8 Å². The number of halogens is 2. The minimum Gasteiger partial charge on any atom is -0.451 e. The highest BCUT2D eigenvalue weighted by atomic mass is 19.1. The Hall–Kier alpha value is -2.71. The van der Waals surface area contributed by atoms with Gasteiger partial charge in [0.25, 0.3) is 5.91 Å². The number of nitrogens with one attached hydrogen (secondary N) is 1. The fourth-order valence-corrected chi connectivity index (χ4v) is 2.68. The molecule has 1 saturated heterocycles. The first-order chi connectivity index (χ1) is 13.0. The average Bonchev–Trinajstić information content (AvgIpc) is 3.06. The van der Waals surface area contributed by atoms with E-state index < -0.39 is 47.4 Å². The fraction of sp³-hybridized carbons (Fsp3) is 0.526. The van der Waals surface area contributed by atoms with Crippen LogP contribution < -0.4 is 5.32 Å². The van der Waals surface area contributed by atoms with E-state index >= 15 is 0 Å². The fourth-order valence-electron chi connectivity index (χ4n) is 2.68. The molecule has 0 radical (unpaired) electrons. The topological polar surface area (TPSA) is 84.9 Å². The molecule has 1 heterocycles. The molecular formula is C19H24F2N2O5. The second-order valence-corrected chi connectivity index (χ2v) is 7.52. The lowest BCUT2D eigenvalue weighted by atomic mass is 10.2. The number of rotatable bonds is 4. The summed E-state index contributed by atoms with van der Waals surface area (Å²) in [6.07, 6.45) is -0.930. The minimum absolute atomic E-state index is 0.337. The van der Waals surface area contributed by atoms with Crippen LogP contribution in [0, 0.1) is 11.6 Å². The number of carbonyl (C=O) groups excluding carboxylic acids is 3. The van der Waals surface area contributed by atoms with Crippen LogP contribution in [0.25, 0.3) is 0 Å². The van der Waals surface area contributed by atoms with Crippen molar-refractivity contribution >= 4 is 23.7 Å². The third-order valence-corrected chi connectivity index (χ3v) is 4.00. The van der Waals surface area contributed by atoms with E-state index in [4.69, 9.17) is 9.47 Å². The Morgan fingerprint density at radius 1 is 1.25 bits per heavy atom. The summed E-state index contributed by atoms with van der Waals surface area (Å²) >= 11 is 0. The molecule has 0 spiro atoms. The van der Waals surface area contributed by atoms with Gasteiger partial charge in [-0.05, 0) is 52.7 Å². The van der Waals surface area contributed by atoms with E-state index in [2.05, 4.69) is 5.32 Å². The number of nitrogens with zero attached hydrogens (tertiary/aromatic N) is 1. The van der Waals surface area contributed by atoms with Crippen molar-refractivity contribution in [2.45, 2.75) is 58.3 Å². The highest BCUT2D eigenvalue weighted by Gasteiger charge is 2.38. The minimum atomic E-state index is -1.27. The SMILES string of the molecule is C[C@@H](OC(=O)[C@@H]1CCCN1C(=O)OC(C)(C)C)C(=O)Nc1cc(F)ccc1F. The average molecular weight is 398 g/mol. The Bertz CT molecular complexity index is 763. The molecule has 0 aromatic heterocycles. The van der Waals surface area contributed by atoms with Gasteiger partial charge in [0.2, 0.25) is 0 Å². The van der Waals surface area contributed by atoms with Gasteiger partial charge in [0.05, 0.1) is 5.69 Å². The van der Waals surface area contributed by atoms with Crippen LogP contribution in [0.5, 0.6) is 0 Å². The predicted octanol–water partition coefficient (Wildman–Crippen LogP) is 3.23. The Kier molecular flexibility index (Phi) is 6.58. The largest absolute Gasteiger partial charge is 0.451 e. The third kappa shape index (κ3) is 5.64. The second kappa shape index (κ2) is 8.53. The van der Waals surface area contributed by atoms with Crippen molar-refractivity contribution in [1.29, 1.82) is 0 Å². The van der Waals surface area contributed by atoms with E-state index in [0.29, 0.717) is 19.4 Å². The number of amides is 2. The normalized spacial score (nSPS) is 17.8. The van der Waals surface area contributed by atoms with Gasteiger partial charge in [-0.2, -0.15) is 0 Å². The van der Waals surface area contributed by atoms with Gasteiger partial charge in [0.1, 0.15) is 23.3 Å². The number of ether oxygens (including phenoxy) is 2. The Morgan fingerprint density at radius 2 is 1.93 bits per heavy atom. The third-order valence-electron chi connectivity index (χ3n) is 4.00. The van der Waals surface area contributed by atoms with Gasteiger partial charge in [-0.25, -0.2) is 18.4 Å². The van der Waals surface area contributed by atoms with Gasteiger partial charge in [0, 0.05) is 12.6 Å². The molecule has 2 amide bonds. The van der Waals surface area contributed by atoms with Crippen molar-refractivity contribution in [2.75, 3.05) is 11.9 Å². The molecule has 1 aromatic rings. The quantitative estimate of drug-likeness (QED) is 0.787. The lowest BCUT2D eigenvalue weighted by Gasteiger charge is -2.28. The lowest BCUT2D eigenvalue weighted by Crippen LogP contribution is -2.45. The zero-order valence-corrected chi connectivity index (χ0v) is 16.3. The summed E-state index contributed by atoms with van der Waals surface area (Å²) in [5.74, 6) is -3.12. The Labute approximate surface area is 162 Å². The first-order valence-corrected chi connectivity index (χ1v) is 8.94. The first-order valence-electron chi connectivity index (χ1n) is 8.94. The van der Waals surface area contributed by atoms with Gasteiger partial charge in [-0.1, -0.05) is 0 Å². The summed E-state index contributed by atoms with van der Waals surface area (Å²) in [4.78, 5) is 38.1. The zero-order valence-electron chi connectivity index (χ0n) is 16.3. The zero-order chi connectivity index (χ0) is 21.1. The van der Waals surface area contributed by atoms with Crippen LogP contribution in [0.4, 0.5) is 19.3 Å². The van der Waals surface area contributed by atoms with Crippen molar-refractivity contribution in [3.8, 4) is 0 Å². The van der Waals surface area contributed by atoms with Crippen molar-refractivity contribution in [1.82, 2.24) is 4.90 Å². The number of likely N-dealkylation sites (tertiary alicyclic amines) is 1. The van der Waals surface area contributed by atoms with Gasteiger partial charge in [-0.15, -0.1) is 0 Å². The molecule has 0 saturated carbocycles. The maximum atomic E-state index is 13.6. The predicted molar refractivity (Wildman–Crippen MR) is 96.5 cm³/mol. The van der Waals surface area contributed by atoms with Gasteiger partial charge >= 0.3 is 12.1 Å². The van der Waals surface area contributed by atoms with E-state index in [9.17, 15) is 23.2 Å². The van der Waals surface area contributed by atoms with Gasteiger partial charge in [-0.3, -0.25) is 9.69 Å². The molecule has 2 atom stereocenters. The van der Waals surface area contributed by atoms with Crippen LogP contribution in [0.3, 0.4) is 0 Å². The molecule has 1 fully saturated rings. The number of benzene rings is 1. The van der Waals surface area contributed by atoms with Crippen LogP contribution in [0.15, 0.2) is 18.2 Å². The van der Waals surface area contributed by atoms with Crippen LogP contribution in [0.2, 0.25) is 0 Å². The molecule has 28 heavy (non-hydrogen) atoms. The van der Waals surface area contributed by atoms with Crippen LogP contribution in [0.1, 0.15) is 40.5 Å². The molecule has 1 aromatic carbocycles. The van der Waals surface area contributed by atoms with E-state index in [1.807, 2.05) is 0 Å². The number of anilines is 1. The highest BCUT2D eigenvalue weighted by Crippen LogP contribution is 2.22.